The molecule has 2 heterocycles. The molecule has 0 amide bonds. The SMILES string of the molecule is Cc1cc(C)c(CCl)c(N2CCC2)n1. The number of hydrogen-bond donors (Lipinski definition) is 0. The van der Waals surface area contributed by atoms with Gasteiger partial charge < -0.3 is 4.90 Å². The predicted octanol–water partition coefficient (Wildman–Crippen LogP) is 2.65. The molecule has 1 aromatic heterocycles. The average Bonchev–Trinajstić information content (AvgIpc) is 1.99. The molecule has 0 aliphatic carbocycles. The molecule has 3 heteroatoms. The molecule has 0 bridgehead atoms. The van der Waals surface area contributed by atoms with Gasteiger partial charge in [0.05, 0.1) is 5.88 Å². The second kappa shape index (κ2) is 3.77. The van der Waals surface area contributed by atoms with Gasteiger partial charge in [0, 0.05) is 24.3 Å². The molecule has 1 aliphatic rings. The Kier molecular flexibility index (Phi) is 2.64. The lowest BCUT2D eigenvalue weighted by molar-refractivity contribution is 0.606. The maximum Gasteiger partial charge on any atom is 0.133 e. The van der Waals surface area contributed by atoms with E-state index in [1.165, 1.54) is 17.5 Å². The lowest BCUT2D eigenvalue weighted by atomic mass is 10.1. The van der Waals surface area contributed by atoms with Gasteiger partial charge in [-0.05, 0) is 31.9 Å². The van der Waals surface area contributed by atoms with Gasteiger partial charge in [0.25, 0.3) is 0 Å². The monoisotopic (exact) mass is 210 g/mol. The van der Waals surface area contributed by atoms with Crippen molar-refractivity contribution < 1.29 is 0 Å². The van der Waals surface area contributed by atoms with Crippen molar-refractivity contribution in [3.05, 3.63) is 22.9 Å². The van der Waals surface area contributed by atoms with Gasteiger partial charge in [-0.15, -0.1) is 11.6 Å². The molecule has 1 saturated heterocycles. The molecule has 0 spiro atoms. The van der Waals surface area contributed by atoms with E-state index in [4.69, 9.17) is 11.6 Å². The molecule has 1 fully saturated rings. The van der Waals surface area contributed by atoms with Crippen LogP contribution in [0.2, 0.25) is 0 Å². The average molecular weight is 211 g/mol. The van der Waals surface area contributed by atoms with Crippen LogP contribution in [-0.4, -0.2) is 18.1 Å². The Hall–Kier alpha value is -0.760. The van der Waals surface area contributed by atoms with Crippen LogP contribution in [0.4, 0.5) is 5.82 Å². The summed E-state index contributed by atoms with van der Waals surface area (Å²) in [7, 11) is 0. The van der Waals surface area contributed by atoms with Crippen LogP contribution in [-0.2, 0) is 5.88 Å². The van der Waals surface area contributed by atoms with Crippen LogP contribution in [0.3, 0.4) is 0 Å². The molecule has 0 radical (unpaired) electrons. The number of hydrogen-bond acceptors (Lipinski definition) is 2. The van der Waals surface area contributed by atoms with E-state index in [-0.39, 0.29) is 0 Å². The highest BCUT2D eigenvalue weighted by molar-refractivity contribution is 6.17. The van der Waals surface area contributed by atoms with Gasteiger partial charge in [-0.3, -0.25) is 0 Å². The largest absolute Gasteiger partial charge is 0.356 e. The summed E-state index contributed by atoms with van der Waals surface area (Å²) in [6, 6.07) is 2.10. The van der Waals surface area contributed by atoms with Gasteiger partial charge in [0.2, 0.25) is 0 Å². The van der Waals surface area contributed by atoms with Crippen molar-refractivity contribution in [1.29, 1.82) is 0 Å². The van der Waals surface area contributed by atoms with E-state index in [1.807, 2.05) is 6.92 Å². The van der Waals surface area contributed by atoms with Crippen molar-refractivity contribution in [2.75, 3.05) is 18.0 Å². The highest BCUT2D eigenvalue weighted by Crippen LogP contribution is 2.27. The van der Waals surface area contributed by atoms with E-state index in [1.54, 1.807) is 0 Å². The summed E-state index contributed by atoms with van der Waals surface area (Å²) < 4.78 is 0. The topological polar surface area (TPSA) is 16.1 Å². The normalized spacial score (nSPS) is 15.5. The number of halogens is 1. The lowest BCUT2D eigenvalue weighted by Gasteiger charge is -2.34. The van der Waals surface area contributed by atoms with Crippen LogP contribution in [0.15, 0.2) is 6.07 Å². The Balaban J connectivity index is 2.44. The minimum Gasteiger partial charge on any atom is -0.356 e. The van der Waals surface area contributed by atoms with E-state index >= 15 is 0 Å². The van der Waals surface area contributed by atoms with Crippen molar-refractivity contribution in [3.8, 4) is 0 Å². The second-order valence-electron chi connectivity index (χ2n) is 3.86. The zero-order chi connectivity index (χ0) is 10.1. The zero-order valence-corrected chi connectivity index (χ0v) is 9.43. The molecule has 2 rings (SSSR count). The molecule has 0 saturated carbocycles. The van der Waals surface area contributed by atoms with Crippen LogP contribution in [0.1, 0.15) is 23.2 Å². The second-order valence-corrected chi connectivity index (χ2v) is 4.12. The Labute approximate surface area is 89.9 Å². The third-order valence-corrected chi connectivity index (χ3v) is 3.01. The Morgan fingerprint density at radius 1 is 1.43 bits per heavy atom. The first kappa shape index (κ1) is 9.78. The molecule has 0 unspecified atom stereocenters. The molecular formula is C11H15ClN2. The van der Waals surface area contributed by atoms with Crippen LogP contribution in [0, 0.1) is 13.8 Å². The standard InChI is InChI=1S/C11H15ClN2/c1-8-6-9(2)13-11(10(8)7-12)14-4-3-5-14/h6H,3-5,7H2,1-2H3. The van der Waals surface area contributed by atoms with Crippen LogP contribution < -0.4 is 4.90 Å². The van der Waals surface area contributed by atoms with E-state index in [0.29, 0.717) is 5.88 Å². The van der Waals surface area contributed by atoms with Crippen LogP contribution in [0.5, 0.6) is 0 Å². The van der Waals surface area contributed by atoms with Crippen molar-refractivity contribution >= 4 is 17.4 Å². The van der Waals surface area contributed by atoms with Gasteiger partial charge in [-0.1, -0.05) is 0 Å². The number of aryl methyl sites for hydroxylation is 2. The molecular weight excluding hydrogens is 196 g/mol. The minimum absolute atomic E-state index is 0.560. The van der Waals surface area contributed by atoms with Crippen LogP contribution in [0.25, 0.3) is 0 Å². The third-order valence-electron chi connectivity index (χ3n) is 2.74. The Morgan fingerprint density at radius 2 is 2.14 bits per heavy atom. The highest BCUT2D eigenvalue weighted by atomic mass is 35.5. The lowest BCUT2D eigenvalue weighted by Crippen LogP contribution is -2.38. The van der Waals surface area contributed by atoms with Gasteiger partial charge >= 0.3 is 0 Å². The smallest absolute Gasteiger partial charge is 0.133 e. The summed E-state index contributed by atoms with van der Waals surface area (Å²) in [5.41, 5.74) is 3.53. The number of anilines is 1. The number of alkyl halides is 1. The summed E-state index contributed by atoms with van der Waals surface area (Å²) in [5.74, 6) is 1.66. The summed E-state index contributed by atoms with van der Waals surface area (Å²) in [4.78, 5) is 6.87. The predicted molar refractivity (Wildman–Crippen MR) is 60.1 cm³/mol. The Morgan fingerprint density at radius 3 is 2.64 bits per heavy atom. The molecule has 0 aromatic carbocycles. The van der Waals surface area contributed by atoms with Crippen molar-refractivity contribution in [1.82, 2.24) is 4.98 Å². The number of aromatic nitrogens is 1. The molecule has 0 N–H and O–H groups in total. The van der Waals surface area contributed by atoms with Gasteiger partial charge in [-0.25, -0.2) is 4.98 Å². The summed E-state index contributed by atoms with van der Waals surface area (Å²) in [5, 5.41) is 0. The molecule has 1 aliphatic heterocycles. The maximum absolute atomic E-state index is 5.95. The maximum atomic E-state index is 5.95. The van der Waals surface area contributed by atoms with Gasteiger partial charge in [0.15, 0.2) is 0 Å². The fourth-order valence-corrected chi connectivity index (χ4v) is 2.13. The van der Waals surface area contributed by atoms with Gasteiger partial charge in [-0.2, -0.15) is 0 Å². The molecule has 2 nitrogen and oxygen atoms in total. The number of pyridine rings is 1. The summed E-state index contributed by atoms with van der Waals surface area (Å²) in [6.07, 6.45) is 1.27. The highest BCUT2D eigenvalue weighted by Gasteiger charge is 2.20. The van der Waals surface area contributed by atoms with Crippen molar-refractivity contribution in [2.24, 2.45) is 0 Å². The van der Waals surface area contributed by atoms with Gasteiger partial charge in [0.1, 0.15) is 5.82 Å². The van der Waals surface area contributed by atoms with Crippen molar-refractivity contribution in [2.45, 2.75) is 26.1 Å². The van der Waals surface area contributed by atoms with E-state index < -0.39 is 0 Å². The fourth-order valence-electron chi connectivity index (χ4n) is 1.80. The first-order chi connectivity index (χ1) is 6.72. The quantitative estimate of drug-likeness (QED) is 0.698. The first-order valence-electron chi connectivity index (χ1n) is 5.00. The molecule has 0 atom stereocenters. The van der Waals surface area contributed by atoms with Crippen LogP contribution >= 0.6 is 11.6 Å². The number of rotatable bonds is 2. The molecule has 1 aromatic rings. The van der Waals surface area contributed by atoms with E-state index in [9.17, 15) is 0 Å². The van der Waals surface area contributed by atoms with E-state index in [2.05, 4.69) is 22.9 Å². The zero-order valence-electron chi connectivity index (χ0n) is 8.68. The van der Waals surface area contributed by atoms with E-state index in [0.717, 1.165) is 24.6 Å². The first-order valence-corrected chi connectivity index (χ1v) is 5.54. The summed E-state index contributed by atoms with van der Waals surface area (Å²) >= 11 is 5.95. The van der Waals surface area contributed by atoms with Crippen molar-refractivity contribution in [3.63, 3.8) is 0 Å². The minimum atomic E-state index is 0.560. The third kappa shape index (κ3) is 1.59. The fraction of sp³-hybridized carbons (Fsp3) is 0.545. The molecule has 14 heavy (non-hydrogen) atoms. The molecule has 76 valence electrons. The number of nitrogens with zero attached hydrogens (tertiary/aromatic N) is 2. The summed E-state index contributed by atoms with van der Waals surface area (Å²) in [6.45, 7) is 6.39. The Bertz CT molecular complexity index is 345.